The molecule has 0 saturated carbocycles. The predicted octanol–water partition coefficient (Wildman–Crippen LogP) is 2.02. The van der Waals surface area contributed by atoms with Gasteiger partial charge in [0, 0.05) is 37.3 Å². The summed E-state index contributed by atoms with van der Waals surface area (Å²) in [5.41, 5.74) is 23.2. The number of nitrogens with two attached hydrogens (primary N) is 4. The number of carbonyl (C=O) groups excluding carboxylic acids is 2. The fourth-order valence-electron chi connectivity index (χ4n) is 4.75. The Morgan fingerprint density at radius 3 is 2.12 bits per heavy atom. The lowest BCUT2D eigenvalue weighted by Crippen LogP contribution is -2.52. The highest BCUT2D eigenvalue weighted by Gasteiger charge is 2.24. The van der Waals surface area contributed by atoms with Crippen molar-refractivity contribution in [2.45, 2.75) is 50.7 Å². The van der Waals surface area contributed by atoms with E-state index in [-0.39, 0.29) is 41.9 Å². The van der Waals surface area contributed by atoms with E-state index in [1.807, 2.05) is 18.2 Å². The molecule has 0 aliphatic rings. The monoisotopic (exact) mass is 591 g/mol. The molecule has 2 amide bonds. The molecule has 11 nitrogen and oxygen atoms in total. The largest absolute Gasteiger partial charge is 0.370 e. The molecule has 12 heteroatoms. The highest BCUT2D eigenvalue weighted by Crippen LogP contribution is 2.24. The van der Waals surface area contributed by atoms with Gasteiger partial charge in [0.2, 0.25) is 5.91 Å². The van der Waals surface area contributed by atoms with E-state index in [0.29, 0.717) is 38.9 Å². The first-order valence-corrected chi connectivity index (χ1v) is 14.3. The van der Waals surface area contributed by atoms with Crippen molar-refractivity contribution >= 4 is 34.5 Å². The molecule has 0 aromatic heterocycles. The maximum Gasteiger partial charge on any atom is 0.251 e. The highest BCUT2D eigenvalue weighted by atomic mass is 19.1. The number of nitrogens with one attached hydrogen (secondary N) is 3. The number of hydrogen-bond donors (Lipinski definition) is 7. The fourth-order valence-corrected chi connectivity index (χ4v) is 4.75. The molecule has 230 valence electrons. The number of nitrogens with zero attached hydrogens (tertiary/aromatic N) is 2. The average molecular weight is 592 g/mol. The zero-order chi connectivity index (χ0) is 31.2. The number of aliphatic imine (C=N–C) groups is 2. The number of guanidine groups is 2. The second-order valence-electron chi connectivity index (χ2n) is 10.3. The Kier molecular flexibility index (Phi) is 12.7. The first-order valence-electron chi connectivity index (χ1n) is 14.3. The third-order valence-electron chi connectivity index (χ3n) is 6.99. The normalized spacial score (nSPS) is 13.0. The summed E-state index contributed by atoms with van der Waals surface area (Å²) in [4.78, 5) is 34.5. The molecule has 3 rings (SSSR count). The lowest BCUT2D eigenvalue weighted by atomic mass is 9.99. The maximum atomic E-state index is 13.6. The van der Waals surface area contributed by atoms with Gasteiger partial charge >= 0.3 is 0 Å². The molecule has 0 aliphatic heterocycles. The summed E-state index contributed by atoms with van der Waals surface area (Å²) in [6, 6.07) is 18.3. The van der Waals surface area contributed by atoms with E-state index in [0.717, 1.165) is 16.3 Å². The Labute approximate surface area is 251 Å². The Morgan fingerprint density at radius 1 is 0.814 bits per heavy atom. The minimum atomic E-state index is -0.873. The van der Waals surface area contributed by atoms with Gasteiger partial charge in [-0.05, 0) is 73.2 Å². The summed E-state index contributed by atoms with van der Waals surface area (Å²) in [5, 5.41) is 11.7. The van der Waals surface area contributed by atoms with Crippen molar-refractivity contribution in [3.05, 3.63) is 83.7 Å². The van der Waals surface area contributed by atoms with Crippen molar-refractivity contribution in [3.63, 3.8) is 0 Å². The third-order valence-corrected chi connectivity index (χ3v) is 6.99. The number of fused-ring (bicyclic) bond motifs is 1. The molecule has 11 N–H and O–H groups in total. The molecule has 3 atom stereocenters. The van der Waals surface area contributed by atoms with Crippen LogP contribution in [0.1, 0.15) is 54.6 Å². The molecule has 0 radical (unpaired) electrons. The molecule has 0 fully saturated rings. The molecule has 0 aliphatic carbocycles. The van der Waals surface area contributed by atoms with E-state index in [1.54, 1.807) is 0 Å². The molecule has 0 heterocycles. The zero-order valence-corrected chi connectivity index (χ0v) is 24.4. The Morgan fingerprint density at radius 2 is 1.44 bits per heavy atom. The molecule has 43 heavy (non-hydrogen) atoms. The van der Waals surface area contributed by atoms with Gasteiger partial charge in [-0.3, -0.25) is 19.6 Å². The number of amides is 2. The van der Waals surface area contributed by atoms with Crippen LogP contribution in [0.2, 0.25) is 0 Å². The molecule has 0 spiro atoms. The van der Waals surface area contributed by atoms with Crippen LogP contribution in [-0.2, 0) is 4.79 Å². The standard InChI is InChI=1S/C31H42FN9O2/c1-20(25-11-4-8-21-7-2-3-10-26(21)25)39-19-24(9-5-17-37-30(33)34)40-29(43)27(12-6-18-38-31(35)36)41-28(42)22-13-15-23(32)16-14-22/h2-4,7-8,10-11,13-16,20,24,27,39H,5-6,9,12,17-19H2,1H3,(H,40,43)(H,41,42)(H4,33,34,37)(H4,35,36,38)/t20-,24-,27-/m0/s1. The van der Waals surface area contributed by atoms with Gasteiger partial charge < -0.3 is 38.9 Å². The van der Waals surface area contributed by atoms with Crippen molar-refractivity contribution in [2.75, 3.05) is 19.6 Å². The van der Waals surface area contributed by atoms with Crippen molar-refractivity contribution < 1.29 is 14.0 Å². The average Bonchev–Trinajstić information content (AvgIpc) is 2.98. The van der Waals surface area contributed by atoms with Crippen LogP contribution in [0.3, 0.4) is 0 Å². The molecule has 0 bridgehead atoms. The van der Waals surface area contributed by atoms with Crippen LogP contribution < -0.4 is 38.9 Å². The number of halogens is 1. The second-order valence-corrected chi connectivity index (χ2v) is 10.3. The van der Waals surface area contributed by atoms with E-state index >= 15 is 0 Å². The van der Waals surface area contributed by atoms with E-state index < -0.39 is 17.8 Å². The number of hydrogen-bond acceptors (Lipinski definition) is 5. The predicted molar refractivity (Wildman–Crippen MR) is 170 cm³/mol. The van der Waals surface area contributed by atoms with Crippen LogP contribution in [-0.4, -0.2) is 55.5 Å². The summed E-state index contributed by atoms with van der Waals surface area (Å²) in [6.45, 7) is 3.25. The first-order chi connectivity index (χ1) is 20.6. The zero-order valence-electron chi connectivity index (χ0n) is 24.4. The van der Waals surface area contributed by atoms with Gasteiger partial charge in [0.25, 0.3) is 5.91 Å². The van der Waals surface area contributed by atoms with E-state index in [2.05, 4.69) is 57.1 Å². The van der Waals surface area contributed by atoms with Crippen LogP contribution in [0.15, 0.2) is 76.7 Å². The van der Waals surface area contributed by atoms with Gasteiger partial charge in [-0.1, -0.05) is 42.5 Å². The summed E-state index contributed by atoms with van der Waals surface area (Å²) in [5.74, 6) is -1.35. The van der Waals surface area contributed by atoms with Crippen LogP contribution in [0, 0.1) is 5.82 Å². The van der Waals surface area contributed by atoms with E-state index in [1.165, 1.54) is 24.3 Å². The van der Waals surface area contributed by atoms with Crippen LogP contribution in [0.25, 0.3) is 10.8 Å². The van der Waals surface area contributed by atoms with E-state index in [4.69, 9.17) is 22.9 Å². The summed E-state index contributed by atoms with van der Waals surface area (Å²) in [6.07, 6.45) is 1.95. The molecular weight excluding hydrogens is 549 g/mol. The minimum absolute atomic E-state index is 0.00299. The number of rotatable bonds is 16. The molecular formula is C31H42FN9O2. The molecule has 0 saturated heterocycles. The molecule has 3 aromatic carbocycles. The Balaban J connectivity index is 1.73. The van der Waals surface area contributed by atoms with Crippen molar-refractivity contribution in [3.8, 4) is 0 Å². The Bertz CT molecular complexity index is 1400. The summed E-state index contributed by atoms with van der Waals surface area (Å²) >= 11 is 0. The van der Waals surface area contributed by atoms with E-state index in [9.17, 15) is 14.0 Å². The Hall–Kier alpha value is -4.71. The quantitative estimate of drug-likeness (QED) is 0.0750. The van der Waals surface area contributed by atoms with Crippen LogP contribution >= 0.6 is 0 Å². The topological polar surface area (TPSA) is 199 Å². The number of benzene rings is 3. The minimum Gasteiger partial charge on any atom is -0.370 e. The number of carbonyl (C=O) groups is 2. The van der Waals surface area contributed by atoms with Gasteiger partial charge in [0.05, 0.1) is 0 Å². The third kappa shape index (κ3) is 10.9. The highest BCUT2D eigenvalue weighted by molar-refractivity contribution is 5.97. The molecule has 3 aromatic rings. The van der Waals surface area contributed by atoms with Gasteiger partial charge in [-0.25, -0.2) is 4.39 Å². The first kappa shape index (κ1) is 32.8. The summed E-state index contributed by atoms with van der Waals surface area (Å²) in [7, 11) is 0. The summed E-state index contributed by atoms with van der Waals surface area (Å²) < 4.78 is 13.4. The van der Waals surface area contributed by atoms with Crippen molar-refractivity contribution in [1.82, 2.24) is 16.0 Å². The van der Waals surface area contributed by atoms with Crippen LogP contribution in [0.4, 0.5) is 4.39 Å². The van der Waals surface area contributed by atoms with Gasteiger partial charge in [0.1, 0.15) is 11.9 Å². The van der Waals surface area contributed by atoms with Gasteiger partial charge in [0.15, 0.2) is 11.9 Å². The van der Waals surface area contributed by atoms with Gasteiger partial charge in [-0.15, -0.1) is 0 Å². The van der Waals surface area contributed by atoms with Crippen LogP contribution in [0.5, 0.6) is 0 Å². The SMILES string of the molecule is C[C@H](NC[C@H](CCCN=C(N)N)NC(=O)[C@H](CCCN=C(N)N)NC(=O)c1ccc(F)cc1)c1cccc2ccccc12. The van der Waals surface area contributed by atoms with Gasteiger partial charge in [-0.2, -0.15) is 0 Å². The molecule has 0 unspecified atom stereocenters. The van der Waals surface area contributed by atoms with Crippen molar-refractivity contribution in [2.24, 2.45) is 32.9 Å². The second kappa shape index (κ2) is 16.7. The van der Waals surface area contributed by atoms with Crippen molar-refractivity contribution in [1.29, 1.82) is 0 Å². The smallest absolute Gasteiger partial charge is 0.251 e. The maximum absolute atomic E-state index is 13.6. The lowest BCUT2D eigenvalue weighted by molar-refractivity contribution is -0.123. The fraction of sp³-hybridized carbons (Fsp3) is 0.355. The lowest BCUT2D eigenvalue weighted by Gasteiger charge is -2.26.